The first-order valence-corrected chi connectivity index (χ1v) is 20.9. The van der Waals surface area contributed by atoms with Gasteiger partial charge in [-0.3, -0.25) is 19.3 Å². The van der Waals surface area contributed by atoms with Crippen LogP contribution in [0.2, 0.25) is 0 Å². The summed E-state index contributed by atoms with van der Waals surface area (Å²) in [4.78, 5) is 63.9. The molecule has 0 saturated carbocycles. The normalized spacial score (nSPS) is 11.6. The van der Waals surface area contributed by atoms with E-state index in [1.54, 1.807) is 51.2 Å². The molecule has 0 unspecified atom stereocenters. The van der Waals surface area contributed by atoms with E-state index >= 15 is 0 Å². The van der Waals surface area contributed by atoms with E-state index in [2.05, 4.69) is 30.6 Å². The van der Waals surface area contributed by atoms with Gasteiger partial charge in [0, 0.05) is 36.2 Å². The highest BCUT2D eigenvalue weighted by atomic mass is 16.6. The minimum atomic E-state index is -0.752. The van der Waals surface area contributed by atoms with Crippen LogP contribution in [-0.2, 0) is 42.8 Å². The highest BCUT2D eigenvalue weighted by Gasteiger charge is 2.25. The van der Waals surface area contributed by atoms with Crippen molar-refractivity contribution in [1.82, 2.24) is 20.6 Å². The number of oxazole rings is 1. The number of methoxy groups -OCH3 is 1. The minimum Gasteiger partial charge on any atom is -0.489 e. The van der Waals surface area contributed by atoms with E-state index in [1.807, 2.05) is 31.2 Å². The van der Waals surface area contributed by atoms with E-state index < -0.39 is 35.5 Å². The lowest BCUT2D eigenvalue weighted by molar-refractivity contribution is -0.141. The number of carbonyl (C=O) groups is 4. The smallest absolute Gasteiger partial charge is 0.416 e. The maximum atomic E-state index is 13.1. The van der Waals surface area contributed by atoms with Crippen molar-refractivity contribution in [2.75, 3.05) is 91.1 Å². The van der Waals surface area contributed by atoms with Gasteiger partial charge in [-0.05, 0) is 80.6 Å². The number of nitrogens with zero attached hydrogens (tertiary/aromatic N) is 6. The van der Waals surface area contributed by atoms with Gasteiger partial charge in [0.05, 0.1) is 79.0 Å². The molecular weight excluding hydrogens is 833 g/mol. The minimum absolute atomic E-state index is 0.0300. The molecule has 0 bridgehead atoms. The summed E-state index contributed by atoms with van der Waals surface area (Å²) in [5.74, 6) is -0.502. The molecule has 2 heterocycles. The fourth-order valence-electron chi connectivity index (χ4n) is 5.98. The van der Waals surface area contributed by atoms with Gasteiger partial charge in [0.15, 0.2) is 17.5 Å². The fourth-order valence-corrected chi connectivity index (χ4v) is 5.98. The highest BCUT2D eigenvalue weighted by Crippen LogP contribution is 2.34. The molecule has 346 valence electrons. The van der Waals surface area contributed by atoms with Crippen molar-refractivity contribution in [2.45, 2.75) is 58.6 Å². The summed E-state index contributed by atoms with van der Waals surface area (Å²) in [7, 11) is 1.27. The van der Waals surface area contributed by atoms with E-state index in [4.69, 9.17) is 43.1 Å². The number of fused-ring (bicyclic) bond motifs is 1. The van der Waals surface area contributed by atoms with Crippen LogP contribution in [-0.4, -0.2) is 126 Å². The first kappa shape index (κ1) is 50.3. The number of benzene rings is 2. The van der Waals surface area contributed by atoms with Crippen molar-refractivity contribution < 1.29 is 56.8 Å². The Labute approximate surface area is 371 Å². The Morgan fingerprint density at radius 2 is 1.55 bits per heavy atom. The second kappa shape index (κ2) is 27.0. The van der Waals surface area contributed by atoms with E-state index in [0.717, 1.165) is 16.7 Å². The number of nitrogens with one attached hydrogen (secondary N) is 2. The average Bonchev–Trinajstić information content (AvgIpc) is 3.77. The van der Waals surface area contributed by atoms with Crippen molar-refractivity contribution in [2.24, 2.45) is 5.11 Å². The third kappa shape index (κ3) is 17.8. The summed E-state index contributed by atoms with van der Waals surface area (Å²) in [5.41, 5.74) is 11.6. The quantitative estimate of drug-likeness (QED) is 0.0218. The van der Waals surface area contributed by atoms with E-state index in [9.17, 15) is 19.2 Å². The van der Waals surface area contributed by atoms with Gasteiger partial charge in [-0.2, -0.15) is 0 Å². The molecule has 4 aromatic rings. The van der Waals surface area contributed by atoms with Gasteiger partial charge >= 0.3 is 12.1 Å². The van der Waals surface area contributed by atoms with Gasteiger partial charge in [0.2, 0.25) is 11.8 Å². The van der Waals surface area contributed by atoms with Crippen LogP contribution in [0.1, 0.15) is 57.2 Å². The molecule has 2 N–H and O–H groups in total. The number of esters is 1. The van der Waals surface area contributed by atoms with E-state index in [-0.39, 0.29) is 39.0 Å². The second-order valence-electron chi connectivity index (χ2n) is 15.1. The lowest BCUT2D eigenvalue weighted by Crippen LogP contribution is -2.40. The largest absolute Gasteiger partial charge is 0.489 e. The van der Waals surface area contributed by atoms with Crippen LogP contribution in [0.4, 0.5) is 10.6 Å². The third-order valence-electron chi connectivity index (χ3n) is 9.03. The predicted octanol–water partition coefficient (Wildman–Crippen LogP) is 6.01. The molecule has 2 aromatic heterocycles. The van der Waals surface area contributed by atoms with E-state index in [0.29, 0.717) is 87.6 Å². The summed E-state index contributed by atoms with van der Waals surface area (Å²) < 4.78 is 44.0. The average molecular weight is 891 g/mol. The van der Waals surface area contributed by atoms with Crippen molar-refractivity contribution in [3.05, 3.63) is 82.7 Å². The van der Waals surface area contributed by atoms with Gasteiger partial charge in [-0.15, -0.1) is 0 Å². The summed E-state index contributed by atoms with van der Waals surface area (Å²) >= 11 is 0. The van der Waals surface area contributed by atoms with Gasteiger partial charge in [0.1, 0.15) is 23.8 Å². The topological polar surface area (TPSA) is 248 Å². The maximum Gasteiger partial charge on any atom is 0.416 e. The zero-order chi connectivity index (χ0) is 46.2. The highest BCUT2D eigenvalue weighted by molar-refractivity contribution is 5.94. The number of pyridine rings is 1. The summed E-state index contributed by atoms with van der Waals surface area (Å²) in [6, 6.07) is 13.7. The first-order valence-electron chi connectivity index (χ1n) is 20.9. The molecule has 0 aliphatic rings. The van der Waals surface area contributed by atoms with Crippen molar-refractivity contribution in [3.8, 4) is 16.9 Å². The molecule has 64 heavy (non-hydrogen) atoms. The lowest BCUT2D eigenvalue weighted by Gasteiger charge is -2.27. The molecule has 0 spiro atoms. The van der Waals surface area contributed by atoms with Crippen molar-refractivity contribution in [1.29, 1.82) is 0 Å². The number of anilines is 1. The number of rotatable bonds is 28. The second-order valence-corrected chi connectivity index (χ2v) is 15.1. The van der Waals surface area contributed by atoms with Gasteiger partial charge in [0.25, 0.3) is 0 Å². The Morgan fingerprint density at radius 1 is 0.875 bits per heavy atom. The van der Waals surface area contributed by atoms with Crippen LogP contribution < -0.4 is 20.3 Å². The Kier molecular flexibility index (Phi) is 21.2. The number of aryl methyl sites for hydroxylation is 1. The number of amides is 3. The molecule has 0 aliphatic carbocycles. The number of azide groups is 1. The SMILES string of the molecule is COC(=O)C[C@H](NC(=O)CNC(=O)CCCN(C(=O)OC(C)(C)C)c1cc(C)ccn1)c1ccc(-c2ccc(OCCOCCOCCOCCOCCN=[N+]=[N-])c3ncoc23)cc1. The van der Waals surface area contributed by atoms with Gasteiger partial charge < -0.3 is 48.2 Å². The fraction of sp³-hybridized carbons (Fsp3) is 0.500. The zero-order valence-corrected chi connectivity index (χ0v) is 37.0. The molecule has 4 rings (SSSR count). The van der Waals surface area contributed by atoms with Crippen LogP contribution in [0.3, 0.4) is 0 Å². The van der Waals surface area contributed by atoms with Crippen LogP contribution >= 0.6 is 0 Å². The number of aromatic nitrogens is 2. The number of ether oxygens (including phenoxy) is 7. The molecule has 20 nitrogen and oxygen atoms in total. The van der Waals surface area contributed by atoms with Gasteiger partial charge in [-0.25, -0.2) is 14.8 Å². The number of hydrogen-bond acceptors (Lipinski definition) is 15. The molecule has 2 aromatic carbocycles. The van der Waals surface area contributed by atoms with E-state index in [1.165, 1.54) is 18.4 Å². The summed E-state index contributed by atoms with van der Waals surface area (Å²) in [5, 5.41) is 8.83. The van der Waals surface area contributed by atoms with Crippen LogP contribution in [0.15, 0.2) is 70.7 Å². The van der Waals surface area contributed by atoms with Crippen molar-refractivity contribution in [3.63, 3.8) is 0 Å². The monoisotopic (exact) mass is 890 g/mol. The van der Waals surface area contributed by atoms with Crippen LogP contribution in [0, 0.1) is 6.92 Å². The molecule has 0 aliphatic heterocycles. The molecule has 1 atom stereocenters. The van der Waals surface area contributed by atoms with Crippen LogP contribution in [0.25, 0.3) is 32.7 Å². The Balaban J connectivity index is 1.23. The number of hydrogen-bond donors (Lipinski definition) is 2. The maximum absolute atomic E-state index is 13.1. The lowest BCUT2D eigenvalue weighted by atomic mass is 9.98. The van der Waals surface area contributed by atoms with Crippen LogP contribution in [0.5, 0.6) is 5.75 Å². The predicted molar refractivity (Wildman–Crippen MR) is 235 cm³/mol. The van der Waals surface area contributed by atoms with Crippen molar-refractivity contribution >= 4 is 40.8 Å². The number of carbonyl (C=O) groups excluding carboxylic acids is 4. The first-order chi connectivity index (χ1) is 30.9. The molecule has 3 amide bonds. The zero-order valence-electron chi connectivity index (χ0n) is 37.0. The molecule has 20 heteroatoms. The Bertz CT molecular complexity index is 2140. The Hall–Kier alpha value is -6.31. The molecule has 0 radical (unpaired) electrons. The standard InChI is InChI=1S/C44H58N8O12/c1-31-14-15-46-37(27-31)52(43(56)64-44(2,3)4)17-6-7-38(53)47-29-39(54)50-35(28-40(55)57-5)33-10-8-32(9-11-33)34-12-13-36(41-42(34)63-30-48-41)62-26-25-61-24-23-60-22-21-59-20-19-58-18-16-49-51-45/h8-15,27,30,35H,6-7,16-26,28-29H2,1-5H3,(H,47,53)(H,50,54)/t35-/m0/s1. The van der Waals surface area contributed by atoms with Gasteiger partial charge in [-0.1, -0.05) is 29.4 Å². The molecule has 0 saturated heterocycles. The molecule has 0 fully saturated rings. The summed E-state index contributed by atoms with van der Waals surface area (Å²) in [6.45, 7) is 10.7. The Morgan fingerprint density at radius 3 is 2.19 bits per heavy atom. The molecular formula is C44H58N8O12. The summed E-state index contributed by atoms with van der Waals surface area (Å²) in [6.07, 6.45) is 2.52. The third-order valence-corrected chi connectivity index (χ3v) is 9.03.